The predicted molar refractivity (Wildman–Crippen MR) is 75.1 cm³/mol. The highest BCUT2D eigenvalue weighted by Crippen LogP contribution is 2.08. The summed E-state index contributed by atoms with van der Waals surface area (Å²) in [6.07, 6.45) is 8.18. The Morgan fingerprint density at radius 3 is 2.53 bits per heavy atom. The molecule has 0 aliphatic carbocycles. The zero-order valence-electron chi connectivity index (χ0n) is 12.0. The van der Waals surface area contributed by atoms with Crippen molar-refractivity contribution in [1.29, 1.82) is 0 Å². The van der Waals surface area contributed by atoms with E-state index in [4.69, 9.17) is 0 Å². The maximum atomic E-state index is 4.45. The van der Waals surface area contributed by atoms with Crippen molar-refractivity contribution in [3.05, 3.63) is 36.3 Å². The van der Waals surface area contributed by atoms with E-state index in [2.05, 4.69) is 48.0 Å². The van der Waals surface area contributed by atoms with Crippen molar-refractivity contribution in [3.8, 4) is 5.82 Å². The van der Waals surface area contributed by atoms with Crippen molar-refractivity contribution in [2.75, 3.05) is 0 Å². The molecule has 0 radical (unpaired) electrons. The molecule has 2 aromatic rings. The quantitative estimate of drug-likeness (QED) is 0.913. The van der Waals surface area contributed by atoms with Crippen LogP contribution in [0.2, 0.25) is 0 Å². The Hall–Kier alpha value is -1.75. The molecule has 19 heavy (non-hydrogen) atoms. The molecule has 1 N–H and O–H groups in total. The minimum absolute atomic E-state index is 0.0834. The van der Waals surface area contributed by atoms with Gasteiger partial charge >= 0.3 is 0 Å². The van der Waals surface area contributed by atoms with E-state index >= 15 is 0 Å². The van der Waals surface area contributed by atoms with Crippen LogP contribution in [0.3, 0.4) is 0 Å². The molecule has 5 heteroatoms. The van der Waals surface area contributed by atoms with Crippen LogP contribution in [0.1, 0.15) is 39.2 Å². The van der Waals surface area contributed by atoms with Gasteiger partial charge in [-0.25, -0.2) is 9.97 Å². The lowest BCUT2D eigenvalue weighted by molar-refractivity contribution is 0.421. The molecule has 0 aromatic carbocycles. The van der Waals surface area contributed by atoms with Crippen LogP contribution in [0.15, 0.2) is 24.8 Å². The smallest absolute Gasteiger partial charge is 0.156 e. The summed E-state index contributed by atoms with van der Waals surface area (Å²) in [5, 5.41) is 3.39. The summed E-state index contributed by atoms with van der Waals surface area (Å²) in [4.78, 5) is 13.2. The second-order valence-corrected chi connectivity index (χ2v) is 5.54. The lowest BCUT2D eigenvalue weighted by Gasteiger charge is -2.20. The van der Waals surface area contributed by atoms with E-state index in [-0.39, 0.29) is 5.54 Å². The maximum Gasteiger partial charge on any atom is 0.156 e. The van der Waals surface area contributed by atoms with Gasteiger partial charge in [-0.15, -0.1) is 0 Å². The number of nitrogens with zero attached hydrogens (tertiary/aromatic N) is 4. The first-order valence-corrected chi connectivity index (χ1v) is 6.58. The van der Waals surface area contributed by atoms with E-state index in [0.29, 0.717) is 0 Å². The first-order valence-electron chi connectivity index (χ1n) is 6.58. The largest absolute Gasteiger partial charge is 0.306 e. The van der Waals surface area contributed by atoms with Gasteiger partial charge in [0.05, 0.1) is 18.1 Å². The van der Waals surface area contributed by atoms with Crippen LogP contribution in [-0.2, 0) is 13.0 Å². The van der Waals surface area contributed by atoms with E-state index in [0.717, 1.165) is 30.3 Å². The fourth-order valence-corrected chi connectivity index (χ4v) is 1.72. The van der Waals surface area contributed by atoms with E-state index in [1.54, 1.807) is 12.4 Å². The van der Waals surface area contributed by atoms with Crippen molar-refractivity contribution >= 4 is 0 Å². The second-order valence-electron chi connectivity index (χ2n) is 5.54. The summed E-state index contributed by atoms with van der Waals surface area (Å²) in [6.45, 7) is 9.20. The van der Waals surface area contributed by atoms with Gasteiger partial charge in [0, 0.05) is 30.9 Å². The van der Waals surface area contributed by atoms with Crippen molar-refractivity contribution < 1.29 is 0 Å². The fourth-order valence-electron chi connectivity index (χ4n) is 1.72. The molecule has 0 atom stereocenters. The number of hydrogen-bond donors (Lipinski definition) is 1. The summed E-state index contributed by atoms with van der Waals surface area (Å²) in [5.74, 6) is 1.81. The zero-order valence-corrected chi connectivity index (χ0v) is 12.0. The molecule has 0 saturated carbocycles. The van der Waals surface area contributed by atoms with Crippen molar-refractivity contribution in [2.24, 2.45) is 0 Å². The summed E-state index contributed by atoms with van der Waals surface area (Å²) >= 11 is 0. The molecule has 102 valence electrons. The van der Waals surface area contributed by atoms with Gasteiger partial charge in [0.25, 0.3) is 0 Å². The highest BCUT2D eigenvalue weighted by atomic mass is 15.1. The molecule has 0 unspecified atom stereocenters. The van der Waals surface area contributed by atoms with E-state index in [1.165, 1.54) is 0 Å². The molecule has 0 fully saturated rings. The number of nitrogens with one attached hydrogen (secondary N) is 1. The molecule has 2 rings (SSSR count). The second kappa shape index (κ2) is 5.48. The van der Waals surface area contributed by atoms with Crippen LogP contribution in [0.5, 0.6) is 0 Å². The van der Waals surface area contributed by atoms with Gasteiger partial charge < -0.3 is 5.32 Å². The van der Waals surface area contributed by atoms with E-state index < -0.39 is 0 Å². The van der Waals surface area contributed by atoms with Gasteiger partial charge in [0.15, 0.2) is 5.82 Å². The highest BCUT2D eigenvalue weighted by molar-refractivity contribution is 5.21. The Labute approximate surface area is 114 Å². The average Bonchev–Trinajstić information content (AvgIpc) is 2.84. The van der Waals surface area contributed by atoms with Gasteiger partial charge in [-0.2, -0.15) is 0 Å². The minimum atomic E-state index is 0.0834. The molecular formula is C14H21N5. The molecule has 0 aliphatic heterocycles. The predicted octanol–water partition coefficient (Wildman–Crippen LogP) is 2.11. The Balaban J connectivity index is 2.10. The molecule has 0 bridgehead atoms. The first kappa shape index (κ1) is 13.7. The first-order chi connectivity index (χ1) is 8.99. The molecule has 0 amide bonds. The molecule has 2 aromatic heterocycles. The number of hydrogen-bond acceptors (Lipinski definition) is 4. The van der Waals surface area contributed by atoms with E-state index in [1.807, 2.05) is 17.0 Å². The fraction of sp³-hybridized carbons (Fsp3) is 0.500. The van der Waals surface area contributed by atoms with Crippen LogP contribution in [0, 0.1) is 0 Å². The van der Waals surface area contributed by atoms with Gasteiger partial charge in [-0.05, 0) is 20.8 Å². The third-order valence-electron chi connectivity index (χ3n) is 2.77. The normalized spacial score (nSPS) is 11.8. The molecule has 0 aliphatic rings. The average molecular weight is 259 g/mol. The van der Waals surface area contributed by atoms with Crippen LogP contribution < -0.4 is 5.32 Å². The third-order valence-corrected chi connectivity index (χ3v) is 2.77. The third kappa shape index (κ3) is 3.61. The Kier molecular flexibility index (Phi) is 3.95. The summed E-state index contributed by atoms with van der Waals surface area (Å²) < 4.78 is 1.97. The van der Waals surface area contributed by atoms with Crippen molar-refractivity contribution in [2.45, 2.75) is 46.2 Å². The number of aromatic nitrogens is 4. The molecule has 5 nitrogen and oxygen atoms in total. The Morgan fingerprint density at radius 2 is 1.95 bits per heavy atom. The van der Waals surface area contributed by atoms with Crippen LogP contribution in [0.25, 0.3) is 5.82 Å². The lowest BCUT2D eigenvalue weighted by atomic mass is 10.1. The topological polar surface area (TPSA) is 55.6 Å². The summed E-state index contributed by atoms with van der Waals surface area (Å²) in [5.41, 5.74) is 1.02. The van der Waals surface area contributed by atoms with Gasteiger partial charge in [-0.3, -0.25) is 9.55 Å². The lowest BCUT2D eigenvalue weighted by Crippen LogP contribution is -2.35. The standard InChI is InChI=1S/C14H21N5/c1-5-12-15-6-7-19(12)13-10-16-11(8-17-13)9-18-14(2,3)4/h6-8,10,18H,5,9H2,1-4H3. The number of rotatable bonds is 4. The van der Waals surface area contributed by atoms with E-state index in [9.17, 15) is 0 Å². The highest BCUT2D eigenvalue weighted by Gasteiger charge is 2.09. The SMILES string of the molecule is CCc1nccn1-c1cnc(CNC(C)(C)C)cn1. The summed E-state index contributed by atoms with van der Waals surface area (Å²) in [7, 11) is 0. The van der Waals surface area contributed by atoms with Crippen LogP contribution >= 0.6 is 0 Å². The molecule has 0 saturated heterocycles. The monoisotopic (exact) mass is 259 g/mol. The van der Waals surface area contributed by atoms with Crippen molar-refractivity contribution in [1.82, 2.24) is 24.8 Å². The van der Waals surface area contributed by atoms with Crippen LogP contribution in [-0.4, -0.2) is 25.1 Å². The number of aryl methyl sites for hydroxylation is 1. The molecule has 2 heterocycles. The Morgan fingerprint density at radius 1 is 1.16 bits per heavy atom. The van der Waals surface area contributed by atoms with Crippen LogP contribution in [0.4, 0.5) is 0 Å². The Bertz CT molecular complexity index is 522. The molecular weight excluding hydrogens is 238 g/mol. The van der Waals surface area contributed by atoms with Gasteiger partial charge in [-0.1, -0.05) is 6.92 Å². The molecule has 0 spiro atoms. The maximum absolute atomic E-state index is 4.45. The zero-order chi connectivity index (χ0) is 13.9. The van der Waals surface area contributed by atoms with Gasteiger partial charge in [0.1, 0.15) is 5.82 Å². The van der Waals surface area contributed by atoms with Crippen molar-refractivity contribution in [3.63, 3.8) is 0 Å². The summed E-state index contributed by atoms with van der Waals surface area (Å²) in [6, 6.07) is 0. The minimum Gasteiger partial charge on any atom is -0.306 e. The number of imidazole rings is 1. The van der Waals surface area contributed by atoms with Gasteiger partial charge in [0.2, 0.25) is 0 Å².